The molecule has 2 aromatic rings. The first kappa shape index (κ1) is 19.9. The normalized spacial score (nSPS) is 16.1. The van der Waals surface area contributed by atoms with Gasteiger partial charge in [0.15, 0.2) is 0 Å². The number of amides is 3. The number of hydrogen-bond acceptors (Lipinski definition) is 4. The lowest BCUT2D eigenvalue weighted by atomic mass is 10.0. The highest BCUT2D eigenvalue weighted by atomic mass is 16.2. The minimum Gasteiger partial charge on any atom is -0.368 e. The van der Waals surface area contributed by atoms with Crippen molar-refractivity contribution in [2.45, 2.75) is 13.8 Å². The van der Waals surface area contributed by atoms with Crippen molar-refractivity contribution in [2.24, 2.45) is 0 Å². The average Bonchev–Trinajstić information content (AvgIpc) is 3.00. The molecule has 2 aliphatic heterocycles. The second-order valence-corrected chi connectivity index (χ2v) is 7.77. The van der Waals surface area contributed by atoms with E-state index in [-0.39, 0.29) is 24.3 Å². The summed E-state index contributed by atoms with van der Waals surface area (Å²) in [5.41, 5.74) is 4.82. The molecular weight excluding hydrogens is 378 g/mol. The molecule has 3 amide bonds. The van der Waals surface area contributed by atoms with Crippen LogP contribution in [0.5, 0.6) is 0 Å². The Morgan fingerprint density at radius 1 is 1.00 bits per heavy atom. The molecule has 2 aliphatic rings. The predicted octanol–water partition coefficient (Wildman–Crippen LogP) is 3.05. The van der Waals surface area contributed by atoms with Gasteiger partial charge in [-0.3, -0.25) is 19.3 Å². The number of rotatable bonds is 4. The van der Waals surface area contributed by atoms with E-state index in [0.717, 1.165) is 18.0 Å². The Morgan fingerprint density at radius 3 is 2.40 bits per heavy atom. The number of carbonyl (C=O) groups excluding carboxylic acids is 3. The van der Waals surface area contributed by atoms with E-state index in [1.54, 1.807) is 18.2 Å². The number of hydrogen-bond donors (Lipinski definition) is 0. The van der Waals surface area contributed by atoms with Crippen molar-refractivity contribution in [1.82, 2.24) is 9.80 Å². The maximum atomic E-state index is 13.0. The third kappa shape index (κ3) is 3.28. The van der Waals surface area contributed by atoms with Crippen molar-refractivity contribution in [3.8, 4) is 0 Å². The minimum absolute atomic E-state index is 0.110. The second kappa shape index (κ2) is 7.78. The van der Waals surface area contributed by atoms with Crippen molar-refractivity contribution in [1.29, 1.82) is 0 Å². The SMILES string of the molecule is C=CCN1C(=O)c2ccc(C(=O)N3CCN(c4cccc(C)c4C)CC3)cc2C1=O. The van der Waals surface area contributed by atoms with E-state index in [1.165, 1.54) is 22.9 Å². The predicted molar refractivity (Wildman–Crippen MR) is 116 cm³/mol. The van der Waals surface area contributed by atoms with Crippen molar-refractivity contribution in [3.05, 3.63) is 76.9 Å². The number of piperazine rings is 1. The van der Waals surface area contributed by atoms with Gasteiger partial charge >= 0.3 is 0 Å². The van der Waals surface area contributed by atoms with Crippen molar-refractivity contribution >= 4 is 23.4 Å². The summed E-state index contributed by atoms with van der Waals surface area (Å²) in [6, 6.07) is 11.1. The maximum absolute atomic E-state index is 13.0. The van der Waals surface area contributed by atoms with Crippen LogP contribution in [0.15, 0.2) is 49.1 Å². The van der Waals surface area contributed by atoms with Crippen LogP contribution in [0.25, 0.3) is 0 Å². The zero-order chi connectivity index (χ0) is 21.4. The fraction of sp³-hybridized carbons (Fsp3) is 0.292. The van der Waals surface area contributed by atoms with Crippen LogP contribution >= 0.6 is 0 Å². The number of aryl methyl sites for hydroxylation is 1. The van der Waals surface area contributed by atoms with E-state index in [4.69, 9.17) is 0 Å². The number of nitrogens with zero attached hydrogens (tertiary/aromatic N) is 3. The smallest absolute Gasteiger partial charge is 0.261 e. The molecule has 4 rings (SSSR count). The van der Waals surface area contributed by atoms with Crippen LogP contribution < -0.4 is 4.90 Å². The molecule has 6 nitrogen and oxygen atoms in total. The molecule has 0 spiro atoms. The molecule has 0 aliphatic carbocycles. The van der Waals surface area contributed by atoms with Gasteiger partial charge in [0, 0.05) is 44.0 Å². The maximum Gasteiger partial charge on any atom is 0.261 e. The minimum atomic E-state index is -0.371. The van der Waals surface area contributed by atoms with E-state index in [2.05, 4.69) is 43.5 Å². The lowest BCUT2D eigenvalue weighted by Crippen LogP contribution is -2.49. The molecule has 2 aromatic carbocycles. The molecule has 30 heavy (non-hydrogen) atoms. The van der Waals surface area contributed by atoms with E-state index < -0.39 is 0 Å². The first-order chi connectivity index (χ1) is 14.4. The fourth-order valence-electron chi connectivity index (χ4n) is 4.13. The van der Waals surface area contributed by atoms with Crippen LogP contribution in [0.2, 0.25) is 0 Å². The second-order valence-electron chi connectivity index (χ2n) is 7.77. The van der Waals surface area contributed by atoms with Crippen molar-refractivity contribution in [2.75, 3.05) is 37.6 Å². The van der Waals surface area contributed by atoms with Gasteiger partial charge < -0.3 is 9.80 Å². The Morgan fingerprint density at radius 2 is 1.70 bits per heavy atom. The molecule has 1 saturated heterocycles. The summed E-state index contributed by atoms with van der Waals surface area (Å²) in [5.74, 6) is -0.818. The van der Waals surface area contributed by atoms with Gasteiger partial charge in [-0.2, -0.15) is 0 Å². The molecule has 0 radical (unpaired) electrons. The lowest BCUT2D eigenvalue weighted by Gasteiger charge is -2.37. The first-order valence-corrected chi connectivity index (χ1v) is 10.1. The summed E-state index contributed by atoms with van der Waals surface area (Å²) in [6.07, 6.45) is 1.52. The lowest BCUT2D eigenvalue weighted by molar-refractivity contribution is 0.0671. The van der Waals surface area contributed by atoms with E-state index in [9.17, 15) is 14.4 Å². The van der Waals surface area contributed by atoms with Gasteiger partial charge in [-0.05, 0) is 49.2 Å². The molecule has 0 unspecified atom stereocenters. The first-order valence-electron chi connectivity index (χ1n) is 10.1. The Hall–Kier alpha value is -3.41. The molecule has 0 bridgehead atoms. The molecule has 0 N–H and O–H groups in total. The van der Waals surface area contributed by atoms with E-state index in [0.29, 0.717) is 29.8 Å². The van der Waals surface area contributed by atoms with Crippen LogP contribution in [0.3, 0.4) is 0 Å². The Kier molecular flexibility index (Phi) is 5.16. The van der Waals surface area contributed by atoms with Crippen LogP contribution in [0.4, 0.5) is 5.69 Å². The van der Waals surface area contributed by atoms with Gasteiger partial charge in [0.05, 0.1) is 11.1 Å². The summed E-state index contributed by atoms with van der Waals surface area (Å²) in [5, 5.41) is 0. The van der Waals surface area contributed by atoms with Crippen molar-refractivity contribution < 1.29 is 14.4 Å². The van der Waals surface area contributed by atoms with E-state index in [1.807, 2.05) is 4.90 Å². The fourth-order valence-corrected chi connectivity index (χ4v) is 4.13. The van der Waals surface area contributed by atoms with Gasteiger partial charge in [-0.25, -0.2) is 0 Å². The van der Waals surface area contributed by atoms with Gasteiger partial charge in [0.25, 0.3) is 17.7 Å². The third-order valence-corrected chi connectivity index (χ3v) is 6.01. The number of fused-ring (bicyclic) bond motifs is 1. The van der Waals surface area contributed by atoms with Gasteiger partial charge in [0.1, 0.15) is 0 Å². The largest absolute Gasteiger partial charge is 0.368 e. The number of imide groups is 1. The monoisotopic (exact) mass is 403 g/mol. The summed E-state index contributed by atoms with van der Waals surface area (Å²) < 4.78 is 0. The Labute approximate surface area is 176 Å². The molecule has 0 saturated carbocycles. The Balaban J connectivity index is 1.48. The molecule has 154 valence electrons. The Bertz CT molecular complexity index is 1050. The molecule has 6 heteroatoms. The summed E-state index contributed by atoms with van der Waals surface area (Å²) in [4.78, 5) is 43.2. The number of carbonyl (C=O) groups is 3. The zero-order valence-corrected chi connectivity index (χ0v) is 17.4. The highest BCUT2D eigenvalue weighted by Crippen LogP contribution is 2.26. The van der Waals surface area contributed by atoms with Crippen LogP contribution in [0.1, 0.15) is 42.2 Å². The van der Waals surface area contributed by atoms with Crippen LogP contribution in [-0.2, 0) is 0 Å². The molecule has 1 fully saturated rings. The third-order valence-electron chi connectivity index (χ3n) is 6.01. The molecular formula is C24H25N3O3. The van der Waals surface area contributed by atoms with Crippen LogP contribution in [0, 0.1) is 13.8 Å². The van der Waals surface area contributed by atoms with Crippen LogP contribution in [-0.4, -0.2) is 60.2 Å². The van der Waals surface area contributed by atoms with Gasteiger partial charge in [-0.1, -0.05) is 18.2 Å². The molecule has 0 aromatic heterocycles. The summed E-state index contributed by atoms with van der Waals surface area (Å²) in [6.45, 7) is 10.7. The number of anilines is 1. The van der Waals surface area contributed by atoms with Gasteiger partial charge in [0.2, 0.25) is 0 Å². The molecule has 0 atom stereocenters. The standard InChI is InChI=1S/C24H25N3O3/c1-4-10-27-23(29)19-9-8-18(15-20(19)24(27)30)22(28)26-13-11-25(12-14-26)21-7-5-6-16(2)17(21)3/h4-9,15H,1,10-14H2,2-3H3. The highest BCUT2D eigenvalue weighted by Gasteiger charge is 2.35. The van der Waals surface area contributed by atoms with Gasteiger partial charge in [-0.15, -0.1) is 6.58 Å². The van der Waals surface area contributed by atoms with E-state index >= 15 is 0 Å². The van der Waals surface area contributed by atoms with Crippen molar-refractivity contribution in [3.63, 3.8) is 0 Å². The molecule has 2 heterocycles. The summed E-state index contributed by atoms with van der Waals surface area (Å²) >= 11 is 0. The summed E-state index contributed by atoms with van der Waals surface area (Å²) in [7, 11) is 0. The highest BCUT2D eigenvalue weighted by molar-refractivity contribution is 6.22. The quantitative estimate of drug-likeness (QED) is 0.582. The average molecular weight is 403 g/mol. The number of benzene rings is 2. The topological polar surface area (TPSA) is 60.9 Å². The zero-order valence-electron chi connectivity index (χ0n) is 17.4.